The van der Waals surface area contributed by atoms with E-state index in [2.05, 4.69) is 19.1 Å². The van der Waals surface area contributed by atoms with Gasteiger partial charge in [-0.2, -0.15) is 0 Å². The Kier molecular flexibility index (Phi) is 11.8. The standard InChI is InChI=1S/C26H39FO4/c1-2-3-6-10-25(29)21-14-12-20(13-15-21)22-16-17-24(27)23(22)9-7-4-5-8-11-26(30)31-19-18-28/h4,7,12-15,22-25,28-29H,2-3,5-6,8-11,16-19H2,1H3/t22-,23?,24-,25?/m1/s1. The molecular formula is C26H39FO4. The van der Waals surface area contributed by atoms with Crippen molar-refractivity contribution in [2.45, 2.75) is 89.3 Å². The van der Waals surface area contributed by atoms with Gasteiger partial charge in [0.05, 0.1) is 12.7 Å². The van der Waals surface area contributed by atoms with Crippen LogP contribution in [0.3, 0.4) is 0 Å². The van der Waals surface area contributed by atoms with Crippen molar-refractivity contribution in [3.63, 3.8) is 0 Å². The number of aliphatic hydroxyl groups is 2. The van der Waals surface area contributed by atoms with Crippen LogP contribution in [0.5, 0.6) is 0 Å². The molecule has 1 fully saturated rings. The molecule has 0 saturated heterocycles. The second kappa shape index (κ2) is 14.4. The maximum absolute atomic E-state index is 14.5. The summed E-state index contributed by atoms with van der Waals surface area (Å²) in [5, 5.41) is 19.0. The number of halogens is 1. The Morgan fingerprint density at radius 3 is 2.68 bits per heavy atom. The minimum absolute atomic E-state index is 0.0221. The first-order valence-corrected chi connectivity index (χ1v) is 11.9. The topological polar surface area (TPSA) is 66.8 Å². The number of esters is 1. The van der Waals surface area contributed by atoms with E-state index in [1.807, 2.05) is 24.3 Å². The summed E-state index contributed by atoms with van der Waals surface area (Å²) in [5.74, 6) is -0.105. The molecule has 1 aromatic rings. The summed E-state index contributed by atoms with van der Waals surface area (Å²) in [6, 6.07) is 8.13. The van der Waals surface area contributed by atoms with Crippen molar-refractivity contribution >= 4 is 5.97 Å². The van der Waals surface area contributed by atoms with Crippen LogP contribution in [0.25, 0.3) is 0 Å². The van der Waals surface area contributed by atoms with E-state index in [0.29, 0.717) is 25.7 Å². The summed E-state index contributed by atoms with van der Waals surface area (Å²) in [6.45, 7) is 2.05. The predicted octanol–water partition coefficient (Wildman–Crippen LogP) is 5.78. The third kappa shape index (κ3) is 8.74. The number of rotatable bonds is 14. The maximum Gasteiger partial charge on any atom is 0.305 e. The number of benzene rings is 1. The van der Waals surface area contributed by atoms with Crippen molar-refractivity contribution in [3.8, 4) is 0 Å². The molecule has 174 valence electrons. The van der Waals surface area contributed by atoms with Gasteiger partial charge in [0.1, 0.15) is 12.8 Å². The number of ether oxygens (including phenoxy) is 1. The van der Waals surface area contributed by atoms with Crippen LogP contribution in [-0.4, -0.2) is 35.6 Å². The average molecular weight is 435 g/mol. The SMILES string of the molecule is CCCCCC(O)c1ccc([C@H]2CC[C@@H](F)C2CC=CCCCC(=O)OCCO)cc1. The molecule has 0 amide bonds. The van der Waals surface area contributed by atoms with E-state index in [0.717, 1.165) is 49.7 Å². The third-order valence-corrected chi connectivity index (χ3v) is 6.25. The number of carbonyl (C=O) groups excluding carboxylic acids is 1. The fourth-order valence-electron chi connectivity index (χ4n) is 4.43. The molecule has 31 heavy (non-hydrogen) atoms. The fraction of sp³-hybridized carbons (Fsp3) is 0.654. The highest BCUT2D eigenvalue weighted by Crippen LogP contribution is 2.43. The molecular weight excluding hydrogens is 395 g/mol. The van der Waals surface area contributed by atoms with E-state index in [-0.39, 0.29) is 31.0 Å². The summed E-state index contributed by atoms with van der Waals surface area (Å²) >= 11 is 0. The number of carbonyl (C=O) groups is 1. The monoisotopic (exact) mass is 434 g/mol. The summed E-state index contributed by atoms with van der Waals surface area (Å²) in [4.78, 5) is 11.4. The molecule has 2 rings (SSSR count). The number of hydrogen-bond acceptors (Lipinski definition) is 4. The van der Waals surface area contributed by atoms with Gasteiger partial charge in [-0.3, -0.25) is 4.79 Å². The molecule has 0 aromatic heterocycles. The van der Waals surface area contributed by atoms with Gasteiger partial charge in [0.2, 0.25) is 0 Å². The lowest BCUT2D eigenvalue weighted by molar-refractivity contribution is -0.144. The number of alkyl halides is 1. The van der Waals surface area contributed by atoms with E-state index in [1.165, 1.54) is 0 Å². The summed E-state index contributed by atoms with van der Waals surface area (Å²) in [5.41, 5.74) is 2.11. The summed E-state index contributed by atoms with van der Waals surface area (Å²) in [6.07, 6.45) is 10.9. The highest BCUT2D eigenvalue weighted by Gasteiger charge is 2.36. The lowest BCUT2D eigenvalue weighted by atomic mass is 9.85. The van der Waals surface area contributed by atoms with Gasteiger partial charge < -0.3 is 14.9 Å². The van der Waals surface area contributed by atoms with Crippen LogP contribution in [-0.2, 0) is 9.53 Å². The van der Waals surface area contributed by atoms with Crippen molar-refractivity contribution in [1.29, 1.82) is 0 Å². The van der Waals surface area contributed by atoms with Gasteiger partial charge in [-0.05, 0) is 55.6 Å². The summed E-state index contributed by atoms with van der Waals surface area (Å²) < 4.78 is 19.4. The zero-order valence-corrected chi connectivity index (χ0v) is 18.8. The second-order valence-electron chi connectivity index (χ2n) is 8.59. The van der Waals surface area contributed by atoms with Crippen LogP contribution < -0.4 is 0 Å². The Labute approximate surface area is 186 Å². The van der Waals surface area contributed by atoms with E-state index in [4.69, 9.17) is 9.84 Å². The molecule has 1 aromatic carbocycles. The van der Waals surface area contributed by atoms with Gasteiger partial charge in [0.25, 0.3) is 0 Å². The van der Waals surface area contributed by atoms with Gasteiger partial charge in [-0.25, -0.2) is 4.39 Å². The van der Waals surface area contributed by atoms with Crippen LogP contribution in [0.2, 0.25) is 0 Å². The smallest absolute Gasteiger partial charge is 0.305 e. The lowest BCUT2D eigenvalue weighted by Crippen LogP contribution is -2.14. The van der Waals surface area contributed by atoms with Crippen molar-refractivity contribution in [3.05, 3.63) is 47.5 Å². The number of aliphatic hydroxyl groups excluding tert-OH is 2. The van der Waals surface area contributed by atoms with Crippen LogP contribution in [0.15, 0.2) is 36.4 Å². The van der Waals surface area contributed by atoms with E-state index in [9.17, 15) is 14.3 Å². The molecule has 0 aliphatic heterocycles. The average Bonchev–Trinajstić information content (AvgIpc) is 3.15. The molecule has 1 aliphatic rings. The molecule has 0 radical (unpaired) electrons. The minimum atomic E-state index is -0.789. The zero-order chi connectivity index (χ0) is 22.5. The number of unbranched alkanes of at least 4 members (excludes halogenated alkanes) is 3. The Bertz CT molecular complexity index is 658. The minimum Gasteiger partial charge on any atom is -0.463 e. The third-order valence-electron chi connectivity index (χ3n) is 6.25. The molecule has 0 spiro atoms. The van der Waals surface area contributed by atoms with Gasteiger partial charge in [0.15, 0.2) is 0 Å². The van der Waals surface area contributed by atoms with Crippen LogP contribution in [0, 0.1) is 5.92 Å². The van der Waals surface area contributed by atoms with Crippen molar-refractivity contribution in [1.82, 2.24) is 0 Å². The molecule has 0 heterocycles. The lowest BCUT2D eigenvalue weighted by Gasteiger charge is -2.21. The largest absolute Gasteiger partial charge is 0.463 e. The molecule has 2 unspecified atom stereocenters. The Hall–Kier alpha value is -1.72. The number of allylic oxidation sites excluding steroid dienone is 2. The summed E-state index contributed by atoms with van der Waals surface area (Å²) in [7, 11) is 0. The van der Waals surface area contributed by atoms with Crippen molar-refractivity contribution in [2.75, 3.05) is 13.2 Å². The predicted molar refractivity (Wildman–Crippen MR) is 122 cm³/mol. The second-order valence-corrected chi connectivity index (χ2v) is 8.59. The molecule has 4 atom stereocenters. The highest BCUT2D eigenvalue weighted by atomic mass is 19.1. The Morgan fingerprint density at radius 2 is 1.97 bits per heavy atom. The molecule has 4 nitrogen and oxygen atoms in total. The van der Waals surface area contributed by atoms with Gasteiger partial charge in [0, 0.05) is 12.3 Å². The number of hydrogen-bond donors (Lipinski definition) is 2. The normalized spacial score (nSPS) is 22.1. The van der Waals surface area contributed by atoms with Gasteiger partial charge in [-0.15, -0.1) is 0 Å². The van der Waals surface area contributed by atoms with Crippen LogP contribution in [0.1, 0.15) is 94.3 Å². The molecule has 1 aliphatic carbocycles. The quantitative estimate of drug-likeness (QED) is 0.221. The van der Waals surface area contributed by atoms with Crippen LogP contribution >= 0.6 is 0 Å². The maximum atomic E-state index is 14.5. The fourth-order valence-corrected chi connectivity index (χ4v) is 4.43. The van der Waals surface area contributed by atoms with E-state index in [1.54, 1.807) is 0 Å². The first-order valence-electron chi connectivity index (χ1n) is 11.9. The van der Waals surface area contributed by atoms with E-state index < -0.39 is 12.3 Å². The van der Waals surface area contributed by atoms with Crippen molar-refractivity contribution in [2.24, 2.45) is 5.92 Å². The molecule has 5 heteroatoms. The Morgan fingerprint density at radius 1 is 1.19 bits per heavy atom. The first-order chi connectivity index (χ1) is 15.1. The van der Waals surface area contributed by atoms with Gasteiger partial charge in [-0.1, -0.05) is 62.6 Å². The zero-order valence-electron chi connectivity index (χ0n) is 18.8. The highest BCUT2D eigenvalue weighted by molar-refractivity contribution is 5.69. The molecule has 2 N–H and O–H groups in total. The van der Waals surface area contributed by atoms with Gasteiger partial charge >= 0.3 is 5.97 Å². The van der Waals surface area contributed by atoms with Crippen molar-refractivity contribution < 1.29 is 24.1 Å². The first kappa shape index (κ1) is 25.5. The molecule has 1 saturated carbocycles. The van der Waals surface area contributed by atoms with Crippen LogP contribution in [0.4, 0.5) is 4.39 Å². The molecule has 0 bridgehead atoms. The Balaban J connectivity index is 1.81. The van der Waals surface area contributed by atoms with E-state index >= 15 is 0 Å².